The highest BCUT2D eigenvalue weighted by Gasteiger charge is 2.35. The zero-order valence-electron chi connectivity index (χ0n) is 42.7. The molecule has 0 amide bonds. The molecule has 4 aromatic rings. The first-order valence-electron chi connectivity index (χ1n) is 25.6. The van der Waals surface area contributed by atoms with Gasteiger partial charge in [-0.25, -0.2) is 0 Å². The fraction of sp³-hybridized carbons (Fsp3) is 0.579. The van der Waals surface area contributed by atoms with Gasteiger partial charge in [0.1, 0.15) is 11.2 Å². The number of hydrogen-bond donors (Lipinski definition) is 0. The molecule has 0 spiro atoms. The molecule has 0 aromatic heterocycles. The van der Waals surface area contributed by atoms with Crippen molar-refractivity contribution in [3.05, 3.63) is 111 Å². The van der Waals surface area contributed by atoms with Crippen LogP contribution in [0.3, 0.4) is 0 Å². The molecule has 14 heteroatoms. The standard InChI is InChI=1S/C57H72Cl8O6/c1-9-56(10-2,70-52-46(62)31-38(32-47(52)63)55(7,8)37-29-44(60)51(45(61)30-37)68-25-18-20-40-21-26-66-40)22-15-13-17-24-67-50-42(58)27-36(28-43(50)59)54(5,6)39-33-48(64)53(49(65)34-39)71-57(11-3,12-4)23-16-14-19-41-35-69-41/h27-34,40-41H,9-26,35H2,1-8H3. The number of unbranched alkanes of at least 4 members (excludes halogenated alkanes) is 3. The molecule has 0 saturated carbocycles. The Bertz CT molecular complexity index is 2310. The molecule has 6 rings (SSSR count). The van der Waals surface area contributed by atoms with E-state index in [9.17, 15) is 0 Å². The average Bonchev–Trinajstić information content (AvgIpc) is 4.15. The summed E-state index contributed by atoms with van der Waals surface area (Å²) in [5.41, 5.74) is 1.70. The van der Waals surface area contributed by atoms with Crippen LogP contribution in [-0.2, 0) is 20.3 Å². The van der Waals surface area contributed by atoms with Crippen molar-refractivity contribution in [1.82, 2.24) is 0 Å². The predicted octanol–water partition coefficient (Wildman–Crippen LogP) is 20.0. The molecular weight excluding hydrogens is 1060 g/mol. The molecule has 2 aliphatic rings. The lowest BCUT2D eigenvalue weighted by Gasteiger charge is -2.34. The smallest absolute Gasteiger partial charge is 0.157 e. The largest absolute Gasteiger partial charge is 0.490 e. The SMILES string of the molecule is CCC(CC)(CCCCCOc1c(Cl)cc(C(C)(C)c2cc(Cl)c(OC(CC)(CC)CCCCC3CO3)c(Cl)c2)cc1Cl)Oc1c(Cl)cc(C(C)(C)c2cc(Cl)c(OCCCC3CCO3)c(Cl)c2)cc1Cl. The highest BCUT2D eigenvalue weighted by molar-refractivity contribution is 6.39. The average molecular weight is 1140 g/mol. The molecule has 6 nitrogen and oxygen atoms in total. The highest BCUT2D eigenvalue weighted by Crippen LogP contribution is 2.48. The normalized spacial score (nSPS) is 16.2. The van der Waals surface area contributed by atoms with E-state index in [4.69, 9.17) is 121 Å². The molecule has 0 N–H and O–H groups in total. The van der Waals surface area contributed by atoms with Crippen LogP contribution < -0.4 is 18.9 Å². The third kappa shape index (κ3) is 14.8. The molecule has 0 bridgehead atoms. The van der Waals surface area contributed by atoms with E-state index in [2.05, 4.69) is 55.4 Å². The van der Waals surface area contributed by atoms with Crippen molar-refractivity contribution in [1.29, 1.82) is 0 Å². The van der Waals surface area contributed by atoms with Gasteiger partial charge < -0.3 is 28.4 Å². The Hall–Kier alpha value is -1.68. The first kappa shape index (κ1) is 58.6. The van der Waals surface area contributed by atoms with Gasteiger partial charge in [-0.15, -0.1) is 0 Å². The summed E-state index contributed by atoms with van der Waals surface area (Å²) < 4.78 is 36.6. The number of hydrogen-bond acceptors (Lipinski definition) is 6. The summed E-state index contributed by atoms with van der Waals surface area (Å²) in [7, 11) is 0. The second-order valence-electron chi connectivity index (χ2n) is 20.4. The summed E-state index contributed by atoms with van der Waals surface area (Å²) in [6, 6.07) is 15.3. The molecular formula is C57H72Cl8O6. The van der Waals surface area contributed by atoms with Gasteiger partial charge in [-0.05, 0) is 161 Å². The third-order valence-electron chi connectivity index (χ3n) is 15.1. The van der Waals surface area contributed by atoms with Crippen LogP contribution in [0.1, 0.15) is 174 Å². The maximum absolute atomic E-state index is 7.02. The van der Waals surface area contributed by atoms with Crippen molar-refractivity contribution in [2.45, 2.75) is 186 Å². The lowest BCUT2D eigenvalue weighted by Crippen LogP contribution is -2.35. The summed E-state index contributed by atoms with van der Waals surface area (Å²) in [5, 5.41) is 3.61. The van der Waals surface area contributed by atoms with Gasteiger partial charge in [0.25, 0.3) is 0 Å². The Morgan fingerprint density at radius 3 is 1.08 bits per heavy atom. The van der Waals surface area contributed by atoms with E-state index in [1.165, 1.54) is 0 Å². The predicted molar refractivity (Wildman–Crippen MR) is 299 cm³/mol. The zero-order valence-corrected chi connectivity index (χ0v) is 48.7. The molecule has 71 heavy (non-hydrogen) atoms. The minimum Gasteiger partial charge on any atom is -0.490 e. The first-order valence-corrected chi connectivity index (χ1v) is 28.6. The van der Waals surface area contributed by atoms with Gasteiger partial charge in [-0.2, -0.15) is 0 Å². The van der Waals surface area contributed by atoms with Crippen molar-refractivity contribution in [2.24, 2.45) is 0 Å². The Morgan fingerprint density at radius 1 is 0.437 bits per heavy atom. The van der Waals surface area contributed by atoms with Crippen molar-refractivity contribution in [3.8, 4) is 23.0 Å². The zero-order chi connectivity index (χ0) is 51.7. The number of epoxide rings is 1. The van der Waals surface area contributed by atoms with E-state index in [1.807, 2.05) is 48.5 Å². The summed E-state index contributed by atoms with van der Waals surface area (Å²) in [4.78, 5) is 0. The molecule has 2 saturated heterocycles. The van der Waals surface area contributed by atoms with Crippen molar-refractivity contribution >= 4 is 92.8 Å². The second kappa shape index (κ2) is 25.9. The summed E-state index contributed by atoms with van der Waals surface area (Å²) in [5.74, 6) is 1.94. The Labute approximate surface area is 464 Å². The van der Waals surface area contributed by atoms with Crippen LogP contribution in [0.4, 0.5) is 0 Å². The number of halogens is 8. The summed E-state index contributed by atoms with van der Waals surface area (Å²) in [6.45, 7) is 19.6. The molecule has 392 valence electrons. The lowest BCUT2D eigenvalue weighted by molar-refractivity contribution is -0.0565. The quantitative estimate of drug-likeness (QED) is 0.0399. The fourth-order valence-electron chi connectivity index (χ4n) is 9.47. The number of benzene rings is 4. The van der Waals surface area contributed by atoms with Crippen LogP contribution in [0.15, 0.2) is 48.5 Å². The molecule has 4 aromatic carbocycles. The van der Waals surface area contributed by atoms with Crippen LogP contribution in [0.2, 0.25) is 40.2 Å². The van der Waals surface area contributed by atoms with Gasteiger partial charge in [0.2, 0.25) is 0 Å². The molecule has 2 heterocycles. The van der Waals surface area contributed by atoms with E-state index in [0.29, 0.717) is 88.6 Å². The molecule has 2 atom stereocenters. The van der Waals surface area contributed by atoms with Gasteiger partial charge in [0, 0.05) is 17.4 Å². The summed E-state index contributed by atoms with van der Waals surface area (Å²) >= 11 is 55.3. The van der Waals surface area contributed by atoms with Crippen LogP contribution in [0.5, 0.6) is 23.0 Å². The monoisotopic (exact) mass is 1130 g/mol. The number of rotatable bonds is 29. The highest BCUT2D eigenvalue weighted by atomic mass is 35.5. The maximum Gasteiger partial charge on any atom is 0.157 e. The molecule has 0 radical (unpaired) electrons. The Kier molecular flexibility index (Phi) is 21.4. The van der Waals surface area contributed by atoms with Crippen LogP contribution in [0, 0.1) is 0 Å². The molecule has 2 aliphatic heterocycles. The molecule has 0 aliphatic carbocycles. The van der Waals surface area contributed by atoms with Gasteiger partial charge in [-0.1, -0.05) is 155 Å². The van der Waals surface area contributed by atoms with E-state index < -0.39 is 16.4 Å². The van der Waals surface area contributed by atoms with E-state index in [1.54, 1.807) is 0 Å². The van der Waals surface area contributed by atoms with Crippen molar-refractivity contribution in [2.75, 3.05) is 26.4 Å². The lowest BCUT2D eigenvalue weighted by atomic mass is 9.78. The molecule has 2 unspecified atom stereocenters. The van der Waals surface area contributed by atoms with Gasteiger partial charge >= 0.3 is 0 Å². The molecule has 2 fully saturated rings. The van der Waals surface area contributed by atoms with E-state index >= 15 is 0 Å². The van der Waals surface area contributed by atoms with Crippen molar-refractivity contribution < 1.29 is 28.4 Å². The topological polar surface area (TPSA) is 58.7 Å². The van der Waals surface area contributed by atoms with Crippen LogP contribution in [-0.4, -0.2) is 49.8 Å². The minimum atomic E-state index is -0.549. The van der Waals surface area contributed by atoms with E-state index in [0.717, 1.165) is 132 Å². The van der Waals surface area contributed by atoms with Crippen LogP contribution in [0.25, 0.3) is 0 Å². The number of ether oxygens (including phenoxy) is 6. The van der Waals surface area contributed by atoms with E-state index in [-0.39, 0.29) is 5.60 Å². The van der Waals surface area contributed by atoms with Gasteiger partial charge in [-0.3, -0.25) is 0 Å². The fourth-order valence-corrected chi connectivity index (χ4v) is 11.8. The maximum atomic E-state index is 7.02. The Morgan fingerprint density at radius 2 is 0.761 bits per heavy atom. The Balaban J connectivity index is 1.02. The van der Waals surface area contributed by atoms with Crippen LogP contribution >= 0.6 is 92.8 Å². The van der Waals surface area contributed by atoms with Gasteiger partial charge in [0.15, 0.2) is 23.0 Å². The summed E-state index contributed by atoms with van der Waals surface area (Å²) in [6.07, 6.45) is 14.5. The third-order valence-corrected chi connectivity index (χ3v) is 17.4. The minimum absolute atomic E-state index is 0.333. The first-order chi connectivity index (χ1) is 33.7. The second-order valence-corrected chi connectivity index (χ2v) is 23.7. The van der Waals surface area contributed by atoms with Crippen molar-refractivity contribution in [3.63, 3.8) is 0 Å². The van der Waals surface area contributed by atoms with Gasteiger partial charge in [0.05, 0.1) is 72.2 Å².